The predicted molar refractivity (Wildman–Crippen MR) is 128 cm³/mol. The molecule has 6 nitrogen and oxygen atoms in total. The molecule has 0 unspecified atom stereocenters. The molecule has 31 heavy (non-hydrogen) atoms. The van der Waals surface area contributed by atoms with Crippen molar-refractivity contribution in [2.75, 3.05) is 13.7 Å². The van der Waals surface area contributed by atoms with E-state index in [1.807, 2.05) is 55.5 Å². The zero-order valence-electron chi connectivity index (χ0n) is 18.0. The SMILES string of the molecule is CCCCCN=C(C)c1c(-c2ccc(OC)cc2)[nH]n(-c2nc3ccccc3s2)c1=O. The average molecular weight is 435 g/mol. The normalized spacial score (nSPS) is 11.9. The molecule has 4 rings (SSSR count). The first kappa shape index (κ1) is 21.1. The van der Waals surface area contributed by atoms with Crippen LogP contribution in [0.15, 0.2) is 58.3 Å². The fourth-order valence-corrected chi connectivity index (χ4v) is 4.44. The van der Waals surface area contributed by atoms with E-state index in [1.54, 1.807) is 7.11 Å². The summed E-state index contributed by atoms with van der Waals surface area (Å²) in [4.78, 5) is 22.8. The number of aliphatic imine (C=N–C) groups is 1. The second-order valence-corrected chi connectivity index (χ2v) is 8.38. The lowest BCUT2D eigenvalue weighted by molar-refractivity contribution is 0.415. The lowest BCUT2D eigenvalue weighted by Gasteiger charge is -2.05. The Labute approximate surface area is 185 Å². The molecule has 0 radical (unpaired) electrons. The van der Waals surface area contributed by atoms with Crippen molar-refractivity contribution in [1.82, 2.24) is 14.8 Å². The van der Waals surface area contributed by atoms with Crippen LogP contribution in [0.1, 0.15) is 38.7 Å². The number of nitrogens with zero attached hydrogens (tertiary/aromatic N) is 3. The first-order valence-corrected chi connectivity index (χ1v) is 11.3. The molecule has 0 bridgehead atoms. The summed E-state index contributed by atoms with van der Waals surface area (Å²) < 4.78 is 7.85. The number of H-pyrrole nitrogens is 1. The Morgan fingerprint density at radius 3 is 2.65 bits per heavy atom. The van der Waals surface area contributed by atoms with Gasteiger partial charge in [0.05, 0.1) is 28.6 Å². The number of rotatable bonds is 8. The van der Waals surface area contributed by atoms with E-state index in [2.05, 4.69) is 17.0 Å². The van der Waals surface area contributed by atoms with Gasteiger partial charge in [-0.1, -0.05) is 43.2 Å². The quantitative estimate of drug-likeness (QED) is 0.296. The molecule has 2 aromatic carbocycles. The highest BCUT2D eigenvalue weighted by Gasteiger charge is 2.21. The topological polar surface area (TPSA) is 72.3 Å². The lowest BCUT2D eigenvalue weighted by atomic mass is 10.0. The van der Waals surface area contributed by atoms with Gasteiger partial charge in [0.15, 0.2) is 0 Å². The summed E-state index contributed by atoms with van der Waals surface area (Å²) in [5, 5.41) is 3.91. The number of hydrogen-bond donors (Lipinski definition) is 1. The molecule has 7 heteroatoms. The molecule has 0 saturated carbocycles. The van der Waals surface area contributed by atoms with Crippen molar-refractivity contribution in [3.63, 3.8) is 0 Å². The van der Waals surface area contributed by atoms with Crippen LogP contribution in [0.3, 0.4) is 0 Å². The average Bonchev–Trinajstić information content (AvgIpc) is 3.37. The van der Waals surface area contributed by atoms with Crippen molar-refractivity contribution >= 4 is 27.3 Å². The number of aromatic amines is 1. The van der Waals surface area contributed by atoms with Crippen molar-refractivity contribution in [3.8, 4) is 22.1 Å². The van der Waals surface area contributed by atoms with Gasteiger partial charge < -0.3 is 4.74 Å². The summed E-state index contributed by atoms with van der Waals surface area (Å²) in [7, 11) is 1.64. The van der Waals surface area contributed by atoms with Gasteiger partial charge in [-0.25, -0.2) is 4.98 Å². The van der Waals surface area contributed by atoms with E-state index in [0.717, 1.165) is 52.2 Å². The fraction of sp³-hybridized carbons (Fsp3) is 0.292. The molecule has 0 aliphatic rings. The number of para-hydroxylation sites is 1. The molecule has 0 amide bonds. The van der Waals surface area contributed by atoms with Crippen molar-refractivity contribution < 1.29 is 4.74 Å². The molecule has 0 aliphatic heterocycles. The largest absolute Gasteiger partial charge is 0.497 e. The molecule has 0 saturated heterocycles. The number of unbranched alkanes of at least 4 members (excludes halogenated alkanes) is 2. The Bertz CT molecular complexity index is 1230. The third-order valence-corrected chi connectivity index (χ3v) is 6.24. The van der Waals surface area contributed by atoms with Crippen molar-refractivity contribution in [1.29, 1.82) is 0 Å². The van der Waals surface area contributed by atoms with Gasteiger partial charge in [-0.3, -0.25) is 14.9 Å². The Hall–Kier alpha value is -3.19. The van der Waals surface area contributed by atoms with E-state index in [9.17, 15) is 4.79 Å². The standard InChI is InChI=1S/C24H26N4O2S/c1-4-5-8-15-25-16(2)21-22(17-11-13-18(30-3)14-12-17)27-28(23(21)29)24-26-19-9-6-7-10-20(19)31-24/h6-7,9-14,27H,4-5,8,15H2,1-3H3. The third-order valence-electron chi connectivity index (χ3n) is 5.22. The van der Waals surface area contributed by atoms with Crippen LogP contribution < -0.4 is 10.3 Å². The molecular weight excluding hydrogens is 408 g/mol. The minimum Gasteiger partial charge on any atom is -0.497 e. The fourth-order valence-electron chi connectivity index (χ4n) is 3.52. The molecule has 160 valence electrons. The molecule has 1 N–H and O–H groups in total. The highest BCUT2D eigenvalue weighted by Crippen LogP contribution is 2.27. The smallest absolute Gasteiger partial charge is 0.283 e. The van der Waals surface area contributed by atoms with E-state index in [-0.39, 0.29) is 5.56 Å². The zero-order chi connectivity index (χ0) is 21.8. The number of hydrogen-bond acceptors (Lipinski definition) is 5. The Balaban J connectivity index is 1.83. The second kappa shape index (κ2) is 9.31. The summed E-state index contributed by atoms with van der Waals surface area (Å²) in [6.07, 6.45) is 3.29. The van der Waals surface area contributed by atoms with Crippen molar-refractivity contribution in [2.45, 2.75) is 33.1 Å². The molecule has 0 fully saturated rings. The Morgan fingerprint density at radius 1 is 1.16 bits per heavy atom. The Kier molecular flexibility index (Phi) is 6.32. The van der Waals surface area contributed by atoms with Gasteiger partial charge in [-0.2, -0.15) is 4.68 Å². The second-order valence-electron chi connectivity index (χ2n) is 7.37. The van der Waals surface area contributed by atoms with Crippen LogP contribution in [0.4, 0.5) is 0 Å². The number of fused-ring (bicyclic) bond motifs is 1. The number of nitrogens with one attached hydrogen (secondary N) is 1. The summed E-state index contributed by atoms with van der Waals surface area (Å²) in [6.45, 7) is 4.79. The molecule has 0 atom stereocenters. The summed E-state index contributed by atoms with van der Waals surface area (Å²) in [5.41, 5.74) is 3.70. The van der Waals surface area contributed by atoms with E-state index >= 15 is 0 Å². The van der Waals surface area contributed by atoms with Crippen LogP contribution in [0, 0.1) is 0 Å². The van der Waals surface area contributed by atoms with Crippen LogP contribution in [0.5, 0.6) is 5.75 Å². The monoisotopic (exact) mass is 434 g/mol. The maximum Gasteiger partial charge on any atom is 0.283 e. The predicted octanol–water partition coefficient (Wildman–Crippen LogP) is 5.45. The van der Waals surface area contributed by atoms with E-state index < -0.39 is 0 Å². The molecule has 4 aromatic rings. The highest BCUT2D eigenvalue weighted by molar-refractivity contribution is 7.20. The van der Waals surface area contributed by atoms with Crippen LogP contribution in [0.2, 0.25) is 0 Å². The summed E-state index contributed by atoms with van der Waals surface area (Å²) >= 11 is 1.48. The number of thiazole rings is 1. The van der Waals surface area contributed by atoms with E-state index in [0.29, 0.717) is 17.2 Å². The van der Waals surface area contributed by atoms with Gasteiger partial charge >= 0.3 is 0 Å². The molecular formula is C24H26N4O2S. The summed E-state index contributed by atoms with van der Waals surface area (Å²) in [6, 6.07) is 15.6. The van der Waals surface area contributed by atoms with Crippen LogP contribution >= 0.6 is 11.3 Å². The third kappa shape index (κ3) is 4.32. The number of ether oxygens (including phenoxy) is 1. The molecule has 2 aromatic heterocycles. The van der Waals surface area contributed by atoms with Gasteiger partial charge in [-0.15, -0.1) is 0 Å². The molecule has 0 spiro atoms. The lowest BCUT2D eigenvalue weighted by Crippen LogP contribution is -2.19. The molecule has 2 heterocycles. The van der Waals surface area contributed by atoms with Gasteiger partial charge in [0.1, 0.15) is 5.75 Å². The summed E-state index contributed by atoms with van der Waals surface area (Å²) in [5.74, 6) is 0.767. The Morgan fingerprint density at radius 2 is 1.94 bits per heavy atom. The van der Waals surface area contributed by atoms with E-state index in [4.69, 9.17) is 9.73 Å². The minimum atomic E-state index is -0.137. The first-order chi connectivity index (χ1) is 15.1. The van der Waals surface area contributed by atoms with Gasteiger partial charge in [0, 0.05) is 17.8 Å². The van der Waals surface area contributed by atoms with Gasteiger partial charge in [0.25, 0.3) is 5.56 Å². The van der Waals surface area contributed by atoms with Gasteiger partial charge in [0.2, 0.25) is 5.13 Å². The highest BCUT2D eigenvalue weighted by atomic mass is 32.1. The number of methoxy groups -OCH3 is 1. The minimum absolute atomic E-state index is 0.137. The first-order valence-electron chi connectivity index (χ1n) is 10.5. The van der Waals surface area contributed by atoms with Crippen LogP contribution in [0.25, 0.3) is 26.6 Å². The zero-order valence-corrected chi connectivity index (χ0v) is 18.8. The maximum absolute atomic E-state index is 13.5. The maximum atomic E-state index is 13.5. The number of aromatic nitrogens is 3. The van der Waals surface area contributed by atoms with Crippen LogP contribution in [-0.4, -0.2) is 34.1 Å². The van der Waals surface area contributed by atoms with Crippen LogP contribution in [-0.2, 0) is 0 Å². The number of benzene rings is 2. The van der Waals surface area contributed by atoms with Crippen molar-refractivity contribution in [2.24, 2.45) is 4.99 Å². The molecule has 0 aliphatic carbocycles. The van der Waals surface area contributed by atoms with E-state index in [1.165, 1.54) is 16.0 Å². The van der Waals surface area contributed by atoms with Gasteiger partial charge in [-0.05, 0) is 49.7 Å². The van der Waals surface area contributed by atoms with Crippen molar-refractivity contribution in [3.05, 3.63) is 64.4 Å².